The highest BCUT2D eigenvalue weighted by atomic mass is 16.5. The van der Waals surface area contributed by atoms with Crippen molar-refractivity contribution < 1.29 is 9.53 Å². The largest absolute Gasteiger partial charge is 0.377 e. The Balaban J connectivity index is 4.07. The molecule has 0 bridgehead atoms. The number of hydrogen-bond acceptors (Lipinski definition) is 3. The van der Waals surface area contributed by atoms with Gasteiger partial charge in [-0.1, -0.05) is 0 Å². The second kappa shape index (κ2) is 5.64. The zero-order valence-electron chi connectivity index (χ0n) is 11.4. The molecule has 0 radical (unpaired) electrons. The number of nitrogens with two attached hydrogens (primary N) is 1. The fourth-order valence-corrected chi connectivity index (χ4v) is 0.973. The summed E-state index contributed by atoms with van der Waals surface area (Å²) in [6, 6.07) is 0. The lowest BCUT2D eigenvalue weighted by Gasteiger charge is -2.36. The van der Waals surface area contributed by atoms with E-state index in [0.717, 1.165) is 0 Å². The monoisotopic (exact) mass is 230 g/mol. The molecule has 16 heavy (non-hydrogen) atoms. The van der Waals surface area contributed by atoms with Gasteiger partial charge in [-0.05, 0) is 41.5 Å². The first-order chi connectivity index (χ1) is 7.09. The normalized spacial score (nSPS) is 13.0. The molecule has 0 aromatic heterocycles. The number of hydrogen-bond donors (Lipinski definition) is 2. The van der Waals surface area contributed by atoms with Gasteiger partial charge in [0, 0.05) is 12.1 Å². The third-order valence-electron chi connectivity index (χ3n) is 3.02. The molecule has 0 heterocycles. The van der Waals surface area contributed by atoms with Crippen LogP contribution in [0.25, 0.3) is 0 Å². The average molecular weight is 230 g/mol. The van der Waals surface area contributed by atoms with Crippen LogP contribution in [0.1, 0.15) is 41.5 Å². The zero-order valence-corrected chi connectivity index (χ0v) is 11.4. The van der Waals surface area contributed by atoms with Crippen molar-refractivity contribution in [2.24, 2.45) is 11.1 Å². The molecular weight excluding hydrogens is 204 g/mol. The molecule has 0 atom stereocenters. The summed E-state index contributed by atoms with van der Waals surface area (Å²) in [5.41, 5.74) is 4.84. The van der Waals surface area contributed by atoms with E-state index in [2.05, 4.69) is 5.32 Å². The Hall–Kier alpha value is -0.610. The maximum Gasteiger partial charge on any atom is 0.227 e. The van der Waals surface area contributed by atoms with Gasteiger partial charge in [0.25, 0.3) is 0 Å². The van der Waals surface area contributed by atoms with Crippen molar-refractivity contribution in [3.05, 3.63) is 0 Å². The average Bonchev–Trinajstić information content (AvgIpc) is 2.09. The van der Waals surface area contributed by atoms with E-state index in [1.54, 1.807) is 0 Å². The van der Waals surface area contributed by atoms with E-state index in [-0.39, 0.29) is 12.0 Å². The molecule has 0 aromatic carbocycles. The van der Waals surface area contributed by atoms with Gasteiger partial charge in [0.15, 0.2) is 0 Å². The molecule has 0 fully saturated rings. The molecule has 4 nitrogen and oxygen atoms in total. The van der Waals surface area contributed by atoms with E-state index >= 15 is 0 Å². The minimum absolute atomic E-state index is 0.0349. The van der Waals surface area contributed by atoms with E-state index in [1.807, 2.05) is 41.5 Å². The van der Waals surface area contributed by atoms with Crippen molar-refractivity contribution in [1.29, 1.82) is 0 Å². The highest BCUT2D eigenvalue weighted by Crippen LogP contribution is 2.28. The van der Waals surface area contributed by atoms with Crippen LogP contribution in [0.4, 0.5) is 0 Å². The highest BCUT2D eigenvalue weighted by molar-refractivity contribution is 5.83. The minimum atomic E-state index is -0.592. The van der Waals surface area contributed by atoms with Crippen LogP contribution in [0, 0.1) is 5.41 Å². The van der Waals surface area contributed by atoms with E-state index < -0.39 is 11.0 Å². The number of rotatable bonds is 6. The van der Waals surface area contributed by atoms with E-state index in [9.17, 15) is 4.79 Å². The standard InChI is InChI=1S/C12H26N2O2/c1-9(2)16-8-7-14-10(15)11(3,4)12(5,6)13/h9H,7-8,13H2,1-6H3,(H,14,15). The lowest BCUT2D eigenvalue weighted by Crippen LogP contribution is -2.55. The van der Waals surface area contributed by atoms with Crippen LogP contribution >= 0.6 is 0 Å². The quantitative estimate of drug-likeness (QED) is 0.676. The molecule has 3 N–H and O–H groups in total. The Labute approximate surface area is 98.9 Å². The molecule has 0 rings (SSSR count). The molecule has 0 saturated carbocycles. The lowest BCUT2D eigenvalue weighted by molar-refractivity contribution is -0.132. The fourth-order valence-electron chi connectivity index (χ4n) is 0.973. The fraction of sp³-hybridized carbons (Fsp3) is 0.917. The first-order valence-electron chi connectivity index (χ1n) is 5.78. The first kappa shape index (κ1) is 15.4. The molecule has 0 aromatic rings. The summed E-state index contributed by atoms with van der Waals surface area (Å²) in [6.07, 6.45) is 0.191. The van der Waals surface area contributed by atoms with E-state index in [0.29, 0.717) is 13.2 Å². The van der Waals surface area contributed by atoms with Gasteiger partial charge in [0.05, 0.1) is 18.1 Å². The molecule has 0 unspecified atom stereocenters. The topological polar surface area (TPSA) is 64.3 Å². The summed E-state index contributed by atoms with van der Waals surface area (Å²) in [5.74, 6) is -0.0349. The third-order valence-corrected chi connectivity index (χ3v) is 3.02. The Morgan fingerprint density at radius 1 is 1.31 bits per heavy atom. The molecular formula is C12H26N2O2. The van der Waals surface area contributed by atoms with Gasteiger partial charge in [-0.25, -0.2) is 0 Å². The smallest absolute Gasteiger partial charge is 0.227 e. The number of carbonyl (C=O) groups excluding carboxylic acids is 1. The summed E-state index contributed by atoms with van der Waals surface area (Å²) < 4.78 is 5.34. The Kier molecular flexibility index (Phi) is 5.42. The van der Waals surface area contributed by atoms with Gasteiger partial charge in [-0.15, -0.1) is 0 Å². The van der Waals surface area contributed by atoms with Gasteiger partial charge >= 0.3 is 0 Å². The number of nitrogens with one attached hydrogen (secondary N) is 1. The Morgan fingerprint density at radius 2 is 1.81 bits per heavy atom. The van der Waals surface area contributed by atoms with Crippen molar-refractivity contribution in [2.45, 2.75) is 53.2 Å². The molecule has 0 aliphatic rings. The second-order valence-electron chi connectivity index (χ2n) is 5.52. The van der Waals surface area contributed by atoms with Crippen molar-refractivity contribution in [3.8, 4) is 0 Å². The van der Waals surface area contributed by atoms with Crippen molar-refractivity contribution in [1.82, 2.24) is 5.32 Å². The molecule has 0 spiro atoms. The van der Waals surface area contributed by atoms with Gasteiger partial charge < -0.3 is 15.8 Å². The SMILES string of the molecule is CC(C)OCCNC(=O)C(C)(C)C(C)(C)N. The van der Waals surface area contributed by atoms with Crippen LogP contribution in [0.15, 0.2) is 0 Å². The van der Waals surface area contributed by atoms with Crippen molar-refractivity contribution in [3.63, 3.8) is 0 Å². The molecule has 96 valence electrons. The van der Waals surface area contributed by atoms with Gasteiger partial charge in [0.1, 0.15) is 0 Å². The summed E-state index contributed by atoms with van der Waals surface area (Å²) in [4.78, 5) is 11.9. The van der Waals surface area contributed by atoms with Crippen LogP contribution in [0.3, 0.4) is 0 Å². The number of carbonyl (C=O) groups is 1. The highest BCUT2D eigenvalue weighted by Gasteiger charge is 2.40. The predicted molar refractivity (Wildman–Crippen MR) is 66.1 cm³/mol. The lowest BCUT2D eigenvalue weighted by atomic mass is 9.74. The summed E-state index contributed by atoms with van der Waals surface area (Å²) in [6.45, 7) is 12.4. The maximum atomic E-state index is 11.9. The zero-order chi connectivity index (χ0) is 13.0. The summed E-state index contributed by atoms with van der Waals surface area (Å²) >= 11 is 0. The van der Waals surface area contributed by atoms with Crippen LogP contribution < -0.4 is 11.1 Å². The molecule has 0 saturated heterocycles. The molecule has 0 aliphatic heterocycles. The van der Waals surface area contributed by atoms with Gasteiger partial charge in [-0.3, -0.25) is 4.79 Å². The Bertz CT molecular complexity index is 230. The van der Waals surface area contributed by atoms with Crippen molar-refractivity contribution in [2.75, 3.05) is 13.2 Å². The maximum absolute atomic E-state index is 11.9. The molecule has 1 amide bonds. The van der Waals surface area contributed by atoms with Gasteiger partial charge in [0.2, 0.25) is 5.91 Å². The van der Waals surface area contributed by atoms with Crippen molar-refractivity contribution >= 4 is 5.91 Å². The number of ether oxygens (including phenoxy) is 1. The Morgan fingerprint density at radius 3 is 2.19 bits per heavy atom. The predicted octanol–water partition coefficient (Wildman–Crippen LogP) is 1.29. The summed E-state index contributed by atoms with van der Waals surface area (Å²) in [7, 11) is 0. The molecule has 0 aliphatic carbocycles. The number of amides is 1. The minimum Gasteiger partial charge on any atom is -0.377 e. The van der Waals surface area contributed by atoms with Crippen LogP contribution in [0.2, 0.25) is 0 Å². The van der Waals surface area contributed by atoms with E-state index in [1.165, 1.54) is 0 Å². The van der Waals surface area contributed by atoms with Gasteiger partial charge in [-0.2, -0.15) is 0 Å². The van der Waals surface area contributed by atoms with E-state index in [4.69, 9.17) is 10.5 Å². The second-order valence-corrected chi connectivity index (χ2v) is 5.52. The first-order valence-corrected chi connectivity index (χ1v) is 5.78. The third kappa shape index (κ3) is 4.49. The summed E-state index contributed by atoms with van der Waals surface area (Å²) in [5, 5.41) is 2.84. The van der Waals surface area contributed by atoms with Crippen LogP contribution in [-0.4, -0.2) is 30.7 Å². The van der Waals surface area contributed by atoms with Crippen LogP contribution in [0.5, 0.6) is 0 Å². The molecule has 4 heteroatoms. The van der Waals surface area contributed by atoms with Crippen LogP contribution in [-0.2, 0) is 9.53 Å².